The van der Waals surface area contributed by atoms with Gasteiger partial charge in [-0.3, -0.25) is 9.59 Å². The van der Waals surface area contributed by atoms with E-state index < -0.39 is 0 Å². The van der Waals surface area contributed by atoms with Gasteiger partial charge in [-0.2, -0.15) is 4.68 Å². The molecule has 0 aliphatic carbocycles. The van der Waals surface area contributed by atoms with Crippen LogP contribution < -0.4 is 5.32 Å². The number of anilines is 1. The third-order valence-electron chi connectivity index (χ3n) is 4.99. The summed E-state index contributed by atoms with van der Waals surface area (Å²) >= 11 is 1.29. The maximum atomic E-state index is 12.9. The number of nitrogens with one attached hydrogen (secondary N) is 1. The quantitative estimate of drug-likeness (QED) is 0.398. The fourth-order valence-electron chi connectivity index (χ4n) is 3.37. The number of carbonyl (C=O) groups excluding carboxylic acids is 2. The zero-order chi connectivity index (χ0) is 22.5. The van der Waals surface area contributed by atoms with Crippen molar-refractivity contribution >= 4 is 29.1 Å². The predicted molar refractivity (Wildman–Crippen MR) is 122 cm³/mol. The van der Waals surface area contributed by atoms with Gasteiger partial charge in [-0.1, -0.05) is 31.7 Å². The molecular formula is C22H28N6O2S. The fourth-order valence-corrected chi connectivity index (χ4v) is 4.15. The standard InChI is InChI=1S/C22H28N6O2S/c1-14(2)9-10-27-15(3)11-20(16(27)4)21(30)13-31-22-24-25-26-28(22)19-8-6-7-18(12-19)23-17(5)29/h6-8,11-12,14H,9-10,13H2,1-5H3,(H,23,29). The Balaban J connectivity index is 1.72. The van der Waals surface area contributed by atoms with Crippen LogP contribution in [0.5, 0.6) is 0 Å². The lowest BCUT2D eigenvalue weighted by Crippen LogP contribution is -2.09. The van der Waals surface area contributed by atoms with Crippen molar-refractivity contribution in [3.8, 4) is 5.69 Å². The molecule has 0 atom stereocenters. The second-order valence-electron chi connectivity index (χ2n) is 7.94. The molecule has 3 rings (SSSR count). The van der Waals surface area contributed by atoms with E-state index in [1.807, 2.05) is 32.0 Å². The highest BCUT2D eigenvalue weighted by atomic mass is 32.2. The van der Waals surface area contributed by atoms with Gasteiger partial charge in [-0.05, 0) is 60.9 Å². The van der Waals surface area contributed by atoms with E-state index >= 15 is 0 Å². The van der Waals surface area contributed by atoms with Gasteiger partial charge in [0.1, 0.15) is 0 Å². The molecule has 2 aromatic heterocycles. The third-order valence-corrected chi connectivity index (χ3v) is 5.91. The van der Waals surface area contributed by atoms with E-state index in [-0.39, 0.29) is 17.4 Å². The van der Waals surface area contributed by atoms with Crippen LogP contribution in [0, 0.1) is 19.8 Å². The summed E-state index contributed by atoms with van der Waals surface area (Å²) in [5, 5.41) is 15.1. The van der Waals surface area contributed by atoms with Crippen molar-refractivity contribution in [2.24, 2.45) is 5.92 Å². The molecule has 0 saturated carbocycles. The summed E-state index contributed by atoms with van der Waals surface area (Å²) in [6.07, 6.45) is 1.07. The monoisotopic (exact) mass is 440 g/mol. The highest BCUT2D eigenvalue weighted by molar-refractivity contribution is 7.99. The van der Waals surface area contributed by atoms with Crippen LogP contribution in [0.4, 0.5) is 5.69 Å². The number of nitrogens with zero attached hydrogens (tertiary/aromatic N) is 5. The minimum Gasteiger partial charge on any atom is -0.348 e. The molecule has 9 heteroatoms. The molecule has 1 N–H and O–H groups in total. The molecule has 8 nitrogen and oxygen atoms in total. The molecule has 0 aliphatic rings. The van der Waals surface area contributed by atoms with Crippen LogP contribution >= 0.6 is 11.8 Å². The number of hydrogen-bond donors (Lipinski definition) is 1. The zero-order valence-electron chi connectivity index (χ0n) is 18.5. The van der Waals surface area contributed by atoms with Crippen LogP contribution in [0.15, 0.2) is 35.5 Å². The molecule has 0 saturated heterocycles. The van der Waals surface area contributed by atoms with Gasteiger partial charge >= 0.3 is 0 Å². The van der Waals surface area contributed by atoms with E-state index in [9.17, 15) is 9.59 Å². The van der Waals surface area contributed by atoms with Gasteiger partial charge in [0.05, 0.1) is 11.4 Å². The lowest BCUT2D eigenvalue weighted by atomic mass is 10.1. The van der Waals surface area contributed by atoms with Crippen LogP contribution in [0.2, 0.25) is 0 Å². The first-order valence-corrected chi connectivity index (χ1v) is 11.2. The number of Topliss-reactive ketones (excluding diaryl/α,β-unsaturated/α-hetero) is 1. The average molecular weight is 441 g/mol. The minimum absolute atomic E-state index is 0.0513. The molecule has 164 valence electrons. The highest BCUT2D eigenvalue weighted by Crippen LogP contribution is 2.23. The number of thioether (sulfide) groups is 1. The van der Waals surface area contributed by atoms with Gasteiger partial charge in [0.2, 0.25) is 11.1 Å². The summed E-state index contributed by atoms with van der Waals surface area (Å²) in [6.45, 7) is 10.8. The fraction of sp³-hybridized carbons (Fsp3) is 0.409. The Kier molecular flexibility index (Phi) is 7.27. The lowest BCUT2D eigenvalue weighted by Gasteiger charge is -2.11. The van der Waals surface area contributed by atoms with Crippen LogP contribution in [-0.2, 0) is 11.3 Å². The Morgan fingerprint density at radius 3 is 2.68 bits per heavy atom. The van der Waals surface area contributed by atoms with Crippen molar-refractivity contribution in [1.82, 2.24) is 24.8 Å². The van der Waals surface area contributed by atoms with Gasteiger partial charge in [-0.15, -0.1) is 5.10 Å². The normalized spacial score (nSPS) is 11.2. The maximum absolute atomic E-state index is 12.9. The molecule has 0 spiro atoms. The number of hydrogen-bond acceptors (Lipinski definition) is 6. The largest absolute Gasteiger partial charge is 0.348 e. The number of amides is 1. The average Bonchev–Trinajstić information content (AvgIpc) is 3.28. The van der Waals surface area contributed by atoms with Crippen molar-refractivity contribution < 1.29 is 9.59 Å². The van der Waals surface area contributed by atoms with Crippen molar-refractivity contribution in [3.05, 3.63) is 47.3 Å². The molecular weight excluding hydrogens is 412 g/mol. The molecule has 0 aliphatic heterocycles. The molecule has 0 radical (unpaired) electrons. The molecule has 1 aromatic carbocycles. The summed E-state index contributed by atoms with van der Waals surface area (Å²) in [7, 11) is 0. The topological polar surface area (TPSA) is 94.7 Å². The van der Waals surface area contributed by atoms with Gasteiger partial charge < -0.3 is 9.88 Å². The SMILES string of the molecule is CC(=O)Nc1cccc(-n2nnnc2SCC(=O)c2cc(C)n(CCC(C)C)c2C)c1. The smallest absolute Gasteiger partial charge is 0.221 e. The molecule has 2 heterocycles. The second kappa shape index (κ2) is 9.91. The van der Waals surface area contributed by atoms with E-state index in [1.165, 1.54) is 18.7 Å². The van der Waals surface area contributed by atoms with Gasteiger partial charge in [0, 0.05) is 36.1 Å². The first-order valence-electron chi connectivity index (χ1n) is 10.3. The number of carbonyl (C=O) groups is 2. The number of aromatic nitrogens is 5. The summed E-state index contributed by atoms with van der Waals surface area (Å²) in [6, 6.07) is 9.20. The summed E-state index contributed by atoms with van der Waals surface area (Å²) in [5.74, 6) is 0.745. The number of aryl methyl sites for hydroxylation is 1. The summed E-state index contributed by atoms with van der Waals surface area (Å²) in [5.41, 5.74) is 4.22. The number of rotatable bonds is 9. The van der Waals surface area contributed by atoms with Gasteiger partial charge in [0.15, 0.2) is 5.78 Å². The Labute approximate surface area is 186 Å². The molecule has 1 amide bonds. The lowest BCUT2D eigenvalue weighted by molar-refractivity contribution is -0.114. The van der Waals surface area contributed by atoms with E-state index in [2.05, 4.69) is 39.3 Å². The van der Waals surface area contributed by atoms with Gasteiger partial charge in [0.25, 0.3) is 0 Å². The van der Waals surface area contributed by atoms with E-state index in [0.717, 1.165) is 29.9 Å². The Morgan fingerprint density at radius 1 is 1.19 bits per heavy atom. The van der Waals surface area contributed by atoms with E-state index in [0.29, 0.717) is 22.4 Å². The van der Waals surface area contributed by atoms with Crippen LogP contribution in [0.1, 0.15) is 48.9 Å². The van der Waals surface area contributed by atoms with E-state index in [1.54, 1.807) is 16.8 Å². The molecule has 0 fully saturated rings. The molecule has 0 bridgehead atoms. The Bertz CT molecular complexity index is 1090. The highest BCUT2D eigenvalue weighted by Gasteiger charge is 2.18. The molecule has 31 heavy (non-hydrogen) atoms. The van der Waals surface area contributed by atoms with E-state index in [4.69, 9.17) is 0 Å². The predicted octanol–water partition coefficient (Wildman–Crippen LogP) is 4.06. The number of ketones is 1. The van der Waals surface area contributed by atoms with Crippen molar-refractivity contribution in [2.45, 2.75) is 52.7 Å². The first kappa shape index (κ1) is 22.7. The van der Waals surface area contributed by atoms with Crippen molar-refractivity contribution in [3.63, 3.8) is 0 Å². The summed E-state index contributed by atoms with van der Waals surface area (Å²) < 4.78 is 3.78. The zero-order valence-corrected chi connectivity index (χ0v) is 19.4. The number of benzene rings is 1. The van der Waals surface area contributed by atoms with Crippen molar-refractivity contribution in [2.75, 3.05) is 11.1 Å². The summed E-state index contributed by atoms with van der Waals surface area (Å²) in [4.78, 5) is 24.2. The molecule has 3 aromatic rings. The van der Waals surface area contributed by atoms with Crippen molar-refractivity contribution in [1.29, 1.82) is 0 Å². The molecule has 0 unspecified atom stereocenters. The second-order valence-corrected chi connectivity index (χ2v) is 8.88. The Hall–Kier alpha value is -2.94. The Morgan fingerprint density at radius 2 is 1.97 bits per heavy atom. The van der Waals surface area contributed by atoms with Gasteiger partial charge in [-0.25, -0.2) is 0 Å². The number of tetrazole rings is 1. The maximum Gasteiger partial charge on any atom is 0.221 e. The van der Waals surface area contributed by atoms with Crippen LogP contribution in [-0.4, -0.2) is 42.2 Å². The van der Waals surface area contributed by atoms with Crippen LogP contribution in [0.25, 0.3) is 5.69 Å². The first-order chi connectivity index (χ1) is 14.8. The third kappa shape index (κ3) is 5.61. The van der Waals surface area contributed by atoms with Crippen LogP contribution in [0.3, 0.4) is 0 Å². The minimum atomic E-state index is -0.153.